The lowest BCUT2D eigenvalue weighted by Crippen LogP contribution is -2.37. The normalized spacial score (nSPS) is 22.0. The van der Waals surface area contributed by atoms with Crippen LogP contribution in [-0.2, 0) is 6.54 Å². The molecule has 0 amide bonds. The van der Waals surface area contributed by atoms with E-state index in [1.165, 1.54) is 25.8 Å². The maximum absolute atomic E-state index is 5.35. The lowest BCUT2D eigenvalue weighted by Gasteiger charge is -2.32. The van der Waals surface area contributed by atoms with Gasteiger partial charge in [0.15, 0.2) is 0 Å². The SMILES string of the molecule is CC1CCCCN1Cc1cccc(NN)n1. The van der Waals surface area contributed by atoms with Crippen LogP contribution in [0.1, 0.15) is 31.9 Å². The first-order valence-electron chi connectivity index (χ1n) is 5.96. The number of pyridine rings is 1. The van der Waals surface area contributed by atoms with Gasteiger partial charge < -0.3 is 5.43 Å². The Morgan fingerprint density at radius 2 is 2.38 bits per heavy atom. The number of nitrogens with one attached hydrogen (secondary N) is 1. The van der Waals surface area contributed by atoms with E-state index in [2.05, 4.69) is 28.3 Å². The third-order valence-corrected chi connectivity index (χ3v) is 3.26. The number of anilines is 1. The van der Waals surface area contributed by atoms with E-state index >= 15 is 0 Å². The molecule has 0 spiro atoms. The second-order valence-electron chi connectivity index (χ2n) is 4.47. The lowest BCUT2D eigenvalue weighted by molar-refractivity contribution is 0.151. The molecular formula is C12H20N4. The number of aromatic nitrogens is 1. The van der Waals surface area contributed by atoms with E-state index in [-0.39, 0.29) is 0 Å². The Morgan fingerprint density at radius 3 is 3.12 bits per heavy atom. The fraction of sp³-hybridized carbons (Fsp3) is 0.583. The zero-order valence-corrected chi connectivity index (χ0v) is 9.82. The van der Waals surface area contributed by atoms with Crippen LogP contribution in [0.5, 0.6) is 0 Å². The number of nitrogen functional groups attached to an aromatic ring is 1. The summed E-state index contributed by atoms with van der Waals surface area (Å²) in [4.78, 5) is 6.93. The Labute approximate surface area is 96.8 Å². The van der Waals surface area contributed by atoms with Crippen LogP contribution in [0.4, 0.5) is 5.82 Å². The van der Waals surface area contributed by atoms with Gasteiger partial charge in [-0.25, -0.2) is 10.8 Å². The molecule has 1 aromatic heterocycles. The summed E-state index contributed by atoms with van der Waals surface area (Å²) < 4.78 is 0. The van der Waals surface area contributed by atoms with Crippen molar-refractivity contribution in [3.63, 3.8) is 0 Å². The minimum absolute atomic E-state index is 0.671. The molecular weight excluding hydrogens is 200 g/mol. The summed E-state index contributed by atoms with van der Waals surface area (Å²) in [6.07, 6.45) is 3.96. The molecule has 0 saturated carbocycles. The predicted molar refractivity (Wildman–Crippen MR) is 65.8 cm³/mol. The van der Waals surface area contributed by atoms with Gasteiger partial charge >= 0.3 is 0 Å². The highest BCUT2D eigenvalue weighted by molar-refractivity contribution is 5.33. The zero-order chi connectivity index (χ0) is 11.4. The Bertz CT molecular complexity index is 340. The highest BCUT2D eigenvalue weighted by Gasteiger charge is 2.18. The van der Waals surface area contributed by atoms with Gasteiger partial charge in [-0.05, 0) is 38.4 Å². The van der Waals surface area contributed by atoms with Crippen LogP contribution < -0.4 is 11.3 Å². The van der Waals surface area contributed by atoms with E-state index in [1.54, 1.807) is 0 Å². The van der Waals surface area contributed by atoms with E-state index in [0.717, 1.165) is 18.1 Å². The van der Waals surface area contributed by atoms with Gasteiger partial charge in [0.05, 0.1) is 5.69 Å². The monoisotopic (exact) mass is 220 g/mol. The van der Waals surface area contributed by atoms with Gasteiger partial charge in [-0.2, -0.15) is 0 Å². The maximum atomic E-state index is 5.35. The molecule has 4 heteroatoms. The smallest absolute Gasteiger partial charge is 0.140 e. The fourth-order valence-corrected chi connectivity index (χ4v) is 2.25. The summed E-state index contributed by atoms with van der Waals surface area (Å²) in [6, 6.07) is 6.60. The van der Waals surface area contributed by atoms with Crippen molar-refractivity contribution in [2.24, 2.45) is 5.84 Å². The number of likely N-dealkylation sites (tertiary alicyclic amines) is 1. The van der Waals surface area contributed by atoms with Gasteiger partial charge in [0.1, 0.15) is 5.82 Å². The summed E-state index contributed by atoms with van der Waals surface area (Å²) >= 11 is 0. The van der Waals surface area contributed by atoms with Gasteiger partial charge in [0, 0.05) is 12.6 Å². The van der Waals surface area contributed by atoms with Crippen molar-refractivity contribution < 1.29 is 0 Å². The standard InChI is InChI=1S/C12H20N4/c1-10-5-2-3-8-16(10)9-11-6-4-7-12(14-11)15-13/h4,6-7,10H,2-3,5,8-9,13H2,1H3,(H,14,15). The minimum atomic E-state index is 0.671. The molecule has 0 aromatic carbocycles. The van der Waals surface area contributed by atoms with E-state index in [4.69, 9.17) is 5.84 Å². The van der Waals surface area contributed by atoms with E-state index in [0.29, 0.717) is 6.04 Å². The molecule has 1 aliphatic rings. The highest BCUT2D eigenvalue weighted by atomic mass is 15.3. The van der Waals surface area contributed by atoms with Crippen molar-refractivity contribution in [3.05, 3.63) is 23.9 Å². The first kappa shape index (κ1) is 11.4. The topological polar surface area (TPSA) is 54.2 Å². The summed E-state index contributed by atoms with van der Waals surface area (Å²) in [6.45, 7) is 4.41. The first-order valence-corrected chi connectivity index (χ1v) is 5.96. The predicted octanol–water partition coefficient (Wildman–Crippen LogP) is 1.74. The van der Waals surface area contributed by atoms with E-state index < -0.39 is 0 Å². The van der Waals surface area contributed by atoms with Gasteiger partial charge in [-0.1, -0.05) is 12.5 Å². The van der Waals surface area contributed by atoms with Crippen molar-refractivity contribution in [2.75, 3.05) is 12.0 Å². The highest BCUT2D eigenvalue weighted by Crippen LogP contribution is 2.18. The molecule has 3 N–H and O–H groups in total. The zero-order valence-electron chi connectivity index (χ0n) is 9.82. The third kappa shape index (κ3) is 2.71. The maximum Gasteiger partial charge on any atom is 0.140 e. The molecule has 1 unspecified atom stereocenters. The number of hydrazine groups is 1. The summed E-state index contributed by atoms with van der Waals surface area (Å²) in [5.41, 5.74) is 3.67. The summed E-state index contributed by atoms with van der Waals surface area (Å²) in [7, 11) is 0. The molecule has 16 heavy (non-hydrogen) atoms. The van der Waals surface area contributed by atoms with E-state index in [1.807, 2.05) is 12.1 Å². The molecule has 1 fully saturated rings. The van der Waals surface area contributed by atoms with Crippen molar-refractivity contribution in [1.29, 1.82) is 0 Å². The molecule has 4 nitrogen and oxygen atoms in total. The molecule has 1 aromatic rings. The van der Waals surface area contributed by atoms with Crippen LogP contribution >= 0.6 is 0 Å². The van der Waals surface area contributed by atoms with Crippen LogP contribution in [0, 0.1) is 0 Å². The van der Waals surface area contributed by atoms with E-state index in [9.17, 15) is 0 Å². The Hall–Kier alpha value is -1.13. The largest absolute Gasteiger partial charge is 0.308 e. The second-order valence-corrected chi connectivity index (χ2v) is 4.47. The van der Waals surface area contributed by atoms with Crippen LogP contribution in [0.3, 0.4) is 0 Å². The average Bonchev–Trinajstić information content (AvgIpc) is 2.32. The van der Waals surface area contributed by atoms with Gasteiger partial charge in [0.2, 0.25) is 0 Å². The Kier molecular flexibility index (Phi) is 3.74. The fourth-order valence-electron chi connectivity index (χ4n) is 2.25. The van der Waals surface area contributed by atoms with Crippen LogP contribution in [0.25, 0.3) is 0 Å². The molecule has 1 aliphatic heterocycles. The molecule has 88 valence electrons. The third-order valence-electron chi connectivity index (χ3n) is 3.26. The van der Waals surface area contributed by atoms with Crippen molar-refractivity contribution >= 4 is 5.82 Å². The molecule has 1 atom stereocenters. The summed E-state index contributed by atoms with van der Waals surface area (Å²) in [5.74, 6) is 6.09. The van der Waals surface area contributed by atoms with Gasteiger partial charge in [-0.3, -0.25) is 4.90 Å². The number of rotatable bonds is 3. The van der Waals surface area contributed by atoms with Gasteiger partial charge in [-0.15, -0.1) is 0 Å². The summed E-state index contributed by atoms with van der Waals surface area (Å²) in [5, 5.41) is 0. The average molecular weight is 220 g/mol. The van der Waals surface area contributed by atoms with Crippen molar-refractivity contribution in [3.8, 4) is 0 Å². The lowest BCUT2D eigenvalue weighted by atomic mass is 10.0. The quantitative estimate of drug-likeness (QED) is 0.602. The van der Waals surface area contributed by atoms with Crippen LogP contribution in [0.15, 0.2) is 18.2 Å². The molecule has 0 aliphatic carbocycles. The first-order chi connectivity index (χ1) is 7.79. The molecule has 1 saturated heterocycles. The Balaban J connectivity index is 2.01. The second kappa shape index (κ2) is 5.27. The molecule has 2 heterocycles. The Morgan fingerprint density at radius 1 is 1.50 bits per heavy atom. The number of piperidine rings is 1. The van der Waals surface area contributed by atoms with Crippen molar-refractivity contribution in [1.82, 2.24) is 9.88 Å². The number of hydrogen-bond acceptors (Lipinski definition) is 4. The van der Waals surface area contributed by atoms with Crippen LogP contribution in [-0.4, -0.2) is 22.5 Å². The molecule has 2 rings (SSSR count). The molecule has 0 radical (unpaired) electrons. The minimum Gasteiger partial charge on any atom is -0.308 e. The number of nitrogens with two attached hydrogens (primary N) is 1. The van der Waals surface area contributed by atoms with Gasteiger partial charge in [0.25, 0.3) is 0 Å². The van der Waals surface area contributed by atoms with Crippen molar-refractivity contribution in [2.45, 2.75) is 38.8 Å². The molecule has 0 bridgehead atoms. The number of hydrogen-bond donors (Lipinski definition) is 2. The number of nitrogens with zero attached hydrogens (tertiary/aromatic N) is 2. The van der Waals surface area contributed by atoms with Crippen LogP contribution in [0.2, 0.25) is 0 Å².